The highest BCUT2D eigenvalue weighted by Crippen LogP contribution is 2.43. The van der Waals surface area contributed by atoms with E-state index in [2.05, 4.69) is 5.10 Å². The summed E-state index contributed by atoms with van der Waals surface area (Å²) in [6, 6.07) is 16.9. The van der Waals surface area contributed by atoms with Crippen molar-refractivity contribution < 1.29 is 23.8 Å². The van der Waals surface area contributed by atoms with Gasteiger partial charge in [0.15, 0.2) is 6.61 Å². The summed E-state index contributed by atoms with van der Waals surface area (Å²) >= 11 is 6.29. The fraction of sp³-hybridized carbons (Fsp3) is 0.192. The van der Waals surface area contributed by atoms with Gasteiger partial charge in [0, 0.05) is 23.6 Å². The van der Waals surface area contributed by atoms with Crippen LogP contribution in [0.15, 0.2) is 66.9 Å². The predicted octanol–water partition coefficient (Wildman–Crippen LogP) is 4.81. The first-order valence-corrected chi connectivity index (χ1v) is 11.4. The van der Waals surface area contributed by atoms with Crippen molar-refractivity contribution in [2.75, 3.05) is 6.61 Å². The van der Waals surface area contributed by atoms with Gasteiger partial charge in [0.25, 0.3) is 0 Å². The minimum absolute atomic E-state index is 0.129. The van der Waals surface area contributed by atoms with Crippen molar-refractivity contribution in [2.45, 2.75) is 25.6 Å². The largest absolute Gasteiger partial charge is 0.482 e. The molecule has 0 saturated carbocycles. The molecule has 35 heavy (non-hydrogen) atoms. The zero-order chi connectivity index (χ0) is 24.5. The summed E-state index contributed by atoms with van der Waals surface area (Å²) in [7, 11) is 0. The standard InChI is InChI=1S/C26H21ClFN3O4/c27-17-8-9-23(35-15-25(33)34)19(12-17)26-18-5-2-1-4-16(18)14-30(26)24(32)10-11-31-22-7-3-6-21(28)20(22)13-29-31/h1-9,12-13,26H,10-11,14-15H2,(H,33,34). The Morgan fingerprint density at radius 2 is 1.94 bits per heavy atom. The third-order valence-corrected chi connectivity index (χ3v) is 6.35. The lowest BCUT2D eigenvalue weighted by Gasteiger charge is -2.27. The molecule has 7 nitrogen and oxygen atoms in total. The Balaban J connectivity index is 1.45. The molecule has 0 fully saturated rings. The second-order valence-corrected chi connectivity index (χ2v) is 8.71. The highest BCUT2D eigenvalue weighted by atomic mass is 35.5. The van der Waals surface area contributed by atoms with E-state index in [4.69, 9.17) is 21.4 Å². The number of aromatic nitrogens is 2. The van der Waals surface area contributed by atoms with Gasteiger partial charge >= 0.3 is 5.97 Å². The Morgan fingerprint density at radius 3 is 2.77 bits per heavy atom. The summed E-state index contributed by atoms with van der Waals surface area (Å²) in [6.45, 7) is 0.155. The van der Waals surface area contributed by atoms with E-state index in [0.29, 0.717) is 33.8 Å². The van der Waals surface area contributed by atoms with Crippen LogP contribution in [0.25, 0.3) is 10.9 Å². The van der Waals surface area contributed by atoms with E-state index in [9.17, 15) is 14.0 Å². The van der Waals surface area contributed by atoms with E-state index in [1.807, 2.05) is 24.3 Å². The number of aryl methyl sites for hydroxylation is 1. The van der Waals surface area contributed by atoms with Crippen molar-refractivity contribution in [1.29, 1.82) is 0 Å². The molecule has 0 spiro atoms. The third-order valence-electron chi connectivity index (χ3n) is 6.11. The van der Waals surface area contributed by atoms with Crippen molar-refractivity contribution in [3.05, 3.63) is 94.4 Å². The van der Waals surface area contributed by atoms with Crippen LogP contribution in [-0.4, -0.2) is 38.3 Å². The summed E-state index contributed by atoms with van der Waals surface area (Å²) < 4.78 is 21.2. The number of amides is 1. The molecule has 5 rings (SSSR count). The summed E-state index contributed by atoms with van der Waals surface area (Å²) in [5, 5.41) is 14.2. The molecule has 1 aliphatic rings. The Kier molecular flexibility index (Phi) is 6.13. The molecule has 1 amide bonds. The molecule has 1 aliphatic heterocycles. The molecule has 0 bridgehead atoms. The van der Waals surface area contributed by atoms with Gasteiger partial charge in [0.1, 0.15) is 11.6 Å². The van der Waals surface area contributed by atoms with Gasteiger partial charge in [-0.05, 0) is 41.5 Å². The lowest BCUT2D eigenvalue weighted by molar-refractivity contribution is -0.139. The average Bonchev–Trinajstić information content (AvgIpc) is 3.44. The van der Waals surface area contributed by atoms with Crippen LogP contribution in [0.5, 0.6) is 5.75 Å². The second-order valence-electron chi connectivity index (χ2n) is 8.28. The van der Waals surface area contributed by atoms with E-state index in [0.717, 1.165) is 11.1 Å². The Bertz CT molecular complexity index is 1440. The lowest BCUT2D eigenvalue weighted by Crippen LogP contribution is -2.31. The number of ether oxygens (including phenoxy) is 1. The van der Waals surface area contributed by atoms with Crippen molar-refractivity contribution in [3.8, 4) is 5.75 Å². The van der Waals surface area contributed by atoms with Gasteiger partial charge in [-0.15, -0.1) is 0 Å². The summed E-state index contributed by atoms with van der Waals surface area (Å²) in [5.41, 5.74) is 3.15. The van der Waals surface area contributed by atoms with Crippen LogP contribution in [0.3, 0.4) is 0 Å². The molecule has 1 aromatic heterocycles. The van der Waals surface area contributed by atoms with Crippen LogP contribution in [-0.2, 0) is 22.7 Å². The number of carbonyl (C=O) groups excluding carboxylic acids is 1. The van der Waals surface area contributed by atoms with Gasteiger partial charge < -0.3 is 14.7 Å². The molecule has 1 N–H and O–H groups in total. The van der Waals surface area contributed by atoms with E-state index < -0.39 is 18.6 Å². The monoisotopic (exact) mass is 493 g/mol. The molecule has 4 aromatic rings. The van der Waals surface area contributed by atoms with Crippen molar-refractivity contribution in [3.63, 3.8) is 0 Å². The maximum absolute atomic E-state index is 14.0. The summed E-state index contributed by atoms with van der Waals surface area (Å²) in [4.78, 5) is 26.3. The van der Waals surface area contributed by atoms with E-state index in [1.165, 1.54) is 12.3 Å². The minimum Gasteiger partial charge on any atom is -0.482 e. The maximum Gasteiger partial charge on any atom is 0.341 e. The molecule has 3 aromatic carbocycles. The molecule has 0 saturated heterocycles. The number of carbonyl (C=O) groups is 2. The SMILES string of the molecule is O=C(O)COc1ccc(Cl)cc1C1c2ccccc2CN1C(=O)CCn1ncc2c(F)cccc21. The number of aliphatic carboxylic acids is 1. The number of hydrogen-bond donors (Lipinski definition) is 1. The smallest absolute Gasteiger partial charge is 0.341 e. The molecule has 9 heteroatoms. The quantitative estimate of drug-likeness (QED) is 0.399. The molecule has 2 heterocycles. The first kappa shape index (κ1) is 22.9. The molecular formula is C26H21ClFN3O4. The number of hydrogen-bond acceptors (Lipinski definition) is 4. The molecule has 1 unspecified atom stereocenters. The highest BCUT2D eigenvalue weighted by molar-refractivity contribution is 6.30. The van der Waals surface area contributed by atoms with Gasteiger partial charge in [0.05, 0.1) is 29.7 Å². The number of carboxylic acid groups (broad SMARTS) is 1. The Morgan fingerprint density at radius 1 is 1.11 bits per heavy atom. The second kappa shape index (κ2) is 9.38. The van der Waals surface area contributed by atoms with Gasteiger partial charge in [0.2, 0.25) is 5.91 Å². The van der Waals surface area contributed by atoms with E-state index in [-0.39, 0.29) is 24.7 Å². The van der Waals surface area contributed by atoms with Crippen LogP contribution in [0.2, 0.25) is 5.02 Å². The van der Waals surface area contributed by atoms with Gasteiger partial charge in [-0.25, -0.2) is 9.18 Å². The Hall–Kier alpha value is -3.91. The highest BCUT2D eigenvalue weighted by Gasteiger charge is 2.36. The van der Waals surface area contributed by atoms with Gasteiger partial charge in [-0.1, -0.05) is 41.9 Å². The van der Waals surface area contributed by atoms with Crippen LogP contribution in [0, 0.1) is 5.82 Å². The maximum atomic E-state index is 14.0. The lowest BCUT2D eigenvalue weighted by atomic mass is 9.97. The molecule has 1 atom stereocenters. The molecule has 178 valence electrons. The molecular weight excluding hydrogens is 473 g/mol. The summed E-state index contributed by atoms with van der Waals surface area (Å²) in [6.07, 6.45) is 1.60. The number of benzene rings is 3. The fourth-order valence-corrected chi connectivity index (χ4v) is 4.73. The fourth-order valence-electron chi connectivity index (χ4n) is 4.55. The number of rotatable bonds is 7. The number of carboxylic acids is 1. The van der Waals surface area contributed by atoms with Crippen molar-refractivity contribution in [2.24, 2.45) is 0 Å². The van der Waals surface area contributed by atoms with E-state index >= 15 is 0 Å². The predicted molar refractivity (Wildman–Crippen MR) is 128 cm³/mol. The average molecular weight is 494 g/mol. The van der Waals surface area contributed by atoms with Gasteiger partial charge in [-0.3, -0.25) is 9.48 Å². The van der Waals surface area contributed by atoms with Crippen LogP contribution < -0.4 is 4.74 Å². The zero-order valence-electron chi connectivity index (χ0n) is 18.5. The van der Waals surface area contributed by atoms with Crippen LogP contribution in [0.4, 0.5) is 4.39 Å². The number of halogens is 2. The molecule has 0 aliphatic carbocycles. The summed E-state index contributed by atoms with van der Waals surface area (Å²) in [5.74, 6) is -1.24. The number of fused-ring (bicyclic) bond motifs is 2. The number of nitrogens with zero attached hydrogens (tertiary/aromatic N) is 3. The normalized spacial score (nSPS) is 14.8. The third kappa shape index (κ3) is 4.44. The Labute approximate surface area is 205 Å². The van der Waals surface area contributed by atoms with Gasteiger partial charge in [-0.2, -0.15) is 5.10 Å². The van der Waals surface area contributed by atoms with Crippen LogP contribution >= 0.6 is 11.6 Å². The van der Waals surface area contributed by atoms with Crippen LogP contribution in [0.1, 0.15) is 29.2 Å². The zero-order valence-corrected chi connectivity index (χ0v) is 19.3. The minimum atomic E-state index is -1.10. The molecule has 0 radical (unpaired) electrons. The topological polar surface area (TPSA) is 84.7 Å². The van der Waals surface area contributed by atoms with Crippen molar-refractivity contribution in [1.82, 2.24) is 14.7 Å². The first-order valence-electron chi connectivity index (χ1n) is 11.0. The van der Waals surface area contributed by atoms with Crippen molar-refractivity contribution >= 4 is 34.4 Å². The first-order chi connectivity index (χ1) is 16.9. The van der Waals surface area contributed by atoms with E-state index in [1.54, 1.807) is 39.9 Å².